The first-order valence-electron chi connectivity index (χ1n) is 9.04. The Bertz CT molecular complexity index is 937. The molecule has 6 nitrogen and oxygen atoms in total. The number of methoxy groups -OCH3 is 1. The number of para-hydroxylation sites is 1. The highest BCUT2D eigenvalue weighted by Crippen LogP contribution is 2.22. The lowest BCUT2D eigenvalue weighted by atomic mass is 10.1. The molecule has 6 heteroatoms. The van der Waals surface area contributed by atoms with Crippen LogP contribution in [0.5, 0.6) is 17.2 Å². The molecule has 0 saturated carbocycles. The summed E-state index contributed by atoms with van der Waals surface area (Å²) in [7, 11) is 1.35. The van der Waals surface area contributed by atoms with Crippen LogP contribution >= 0.6 is 0 Å². The molecular weight excluding hydrogens is 370 g/mol. The molecular formula is C23H21NO5. The van der Waals surface area contributed by atoms with E-state index in [2.05, 4.69) is 10.1 Å². The number of hydrogen-bond donors (Lipinski definition) is 1. The van der Waals surface area contributed by atoms with Gasteiger partial charge in [-0.1, -0.05) is 30.3 Å². The lowest BCUT2D eigenvalue weighted by Gasteiger charge is -2.09. The molecule has 0 fully saturated rings. The van der Waals surface area contributed by atoms with Crippen molar-refractivity contribution in [1.82, 2.24) is 0 Å². The lowest BCUT2D eigenvalue weighted by Crippen LogP contribution is -2.20. The third kappa shape index (κ3) is 6.39. The van der Waals surface area contributed by atoms with Crippen LogP contribution in [0.3, 0.4) is 0 Å². The summed E-state index contributed by atoms with van der Waals surface area (Å²) in [5.41, 5.74) is 1.46. The van der Waals surface area contributed by atoms with E-state index in [1.165, 1.54) is 7.11 Å². The number of anilines is 1. The molecule has 0 saturated heterocycles. The average Bonchev–Trinajstić information content (AvgIpc) is 2.75. The van der Waals surface area contributed by atoms with Gasteiger partial charge in [-0.05, 0) is 54.1 Å². The zero-order chi connectivity index (χ0) is 20.5. The van der Waals surface area contributed by atoms with Crippen molar-refractivity contribution in [2.24, 2.45) is 0 Å². The molecule has 0 heterocycles. The molecule has 0 aromatic heterocycles. The fourth-order valence-corrected chi connectivity index (χ4v) is 2.52. The minimum atomic E-state index is -0.307. The number of ether oxygens (including phenoxy) is 3. The van der Waals surface area contributed by atoms with Gasteiger partial charge in [0.25, 0.3) is 5.91 Å². The normalized spacial score (nSPS) is 10.1. The molecule has 148 valence electrons. The standard InChI is InChI=1S/C23H21NO5/c1-27-23(26)15-17-7-11-19(12-8-17)28-16-22(25)24-18-9-13-21(14-10-18)29-20-5-3-2-4-6-20/h2-14H,15-16H2,1H3,(H,24,25). The number of amides is 1. The smallest absolute Gasteiger partial charge is 0.309 e. The van der Waals surface area contributed by atoms with Crippen molar-refractivity contribution in [3.05, 3.63) is 84.4 Å². The van der Waals surface area contributed by atoms with Crippen LogP contribution in [0.25, 0.3) is 0 Å². The highest BCUT2D eigenvalue weighted by atomic mass is 16.5. The Balaban J connectivity index is 1.46. The average molecular weight is 391 g/mol. The number of esters is 1. The maximum Gasteiger partial charge on any atom is 0.309 e. The third-order valence-electron chi connectivity index (χ3n) is 3.99. The minimum Gasteiger partial charge on any atom is -0.484 e. The van der Waals surface area contributed by atoms with E-state index in [1.807, 2.05) is 30.3 Å². The van der Waals surface area contributed by atoms with E-state index >= 15 is 0 Å². The highest BCUT2D eigenvalue weighted by Gasteiger charge is 2.06. The first-order valence-corrected chi connectivity index (χ1v) is 9.04. The second-order valence-electron chi connectivity index (χ2n) is 6.17. The minimum absolute atomic E-state index is 0.126. The summed E-state index contributed by atoms with van der Waals surface area (Å²) in [4.78, 5) is 23.3. The fraction of sp³-hybridized carbons (Fsp3) is 0.130. The quantitative estimate of drug-likeness (QED) is 0.582. The van der Waals surface area contributed by atoms with Gasteiger partial charge in [0.05, 0.1) is 13.5 Å². The number of rotatable bonds is 8. The molecule has 0 aliphatic rings. The topological polar surface area (TPSA) is 73.9 Å². The summed E-state index contributed by atoms with van der Waals surface area (Å²) >= 11 is 0. The predicted octanol–water partition coefficient (Wildman–Crippen LogP) is 4.21. The molecule has 0 aliphatic carbocycles. The van der Waals surface area contributed by atoms with E-state index in [0.29, 0.717) is 17.2 Å². The number of carbonyl (C=O) groups excluding carboxylic acids is 2. The van der Waals surface area contributed by atoms with E-state index in [1.54, 1.807) is 48.5 Å². The third-order valence-corrected chi connectivity index (χ3v) is 3.99. The van der Waals surface area contributed by atoms with Crippen LogP contribution in [-0.4, -0.2) is 25.6 Å². The molecule has 3 aromatic carbocycles. The zero-order valence-electron chi connectivity index (χ0n) is 16.0. The molecule has 1 amide bonds. The van der Waals surface area contributed by atoms with Gasteiger partial charge in [-0.3, -0.25) is 9.59 Å². The SMILES string of the molecule is COC(=O)Cc1ccc(OCC(=O)Nc2ccc(Oc3ccccc3)cc2)cc1. The van der Waals surface area contributed by atoms with E-state index in [4.69, 9.17) is 9.47 Å². The van der Waals surface area contributed by atoms with Crippen LogP contribution in [0.1, 0.15) is 5.56 Å². The summed E-state index contributed by atoms with van der Waals surface area (Å²) in [6.45, 7) is -0.126. The van der Waals surface area contributed by atoms with Gasteiger partial charge in [-0.15, -0.1) is 0 Å². The molecule has 0 unspecified atom stereocenters. The molecule has 0 spiro atoms. The van der Waals surface area contributed by atoms with Crippen molar-refractivity contribution in [2.75, 3.05) is 19.0 Å². The Morgan fingerprint density at radius 1 is 0.793 bits per heavy atom. The lowest BCUT2D eigenvalue weighted by molar-refractivity contribution is -0.139. The number of carbonyl (C=O) groups is 2. The Morgan fingerprint density at radius 2 is 1.41 bits per heavy atom. The van der Waals surface area contributed by atoms with Gasteiger partial charge in [0.15, 0.2) is 6.61 Å². The monoisotopic (exact) mass is 391 g/mol. The molecule has 0 aliphatic heterocycles. The van der Waals surface area contributed by atoms with Crippen molar-refractivity contribution in [2.45, 2.75) is 6.42 Å². The van der Waals surface area contributed by atoms with Gasteiger partial charge in [0.1, 0.15) is 17.2 Å². The molecule has 0 atom stereocenters. The maximum atomic E-state index is 12.1. The Labute approximate surface area is 169 Å². The summed E-state index contributed by atoms with van der Waals surface area (Å²) in [6.07, 6.45) is 0.196. The summed E-state index contributed by atoms with van der Waals surface area (Å²) in [5.74, 6) is 1.38. The number of nitrogens with one attached hydrogen (secondary N) is 1. The van der Waals surface area contributed by atoms with Crippen LogP contribution < -0.4 is 14.8 Å². The Morgan fingerprint density at radius 3 is 2.07 bits per heavy atom. The van der Waals surface area contributed by atoms with Gasteiger partial charge >= 0.3 is 5.97 Å². The molecule has 0 radical (unpaired) electrons. The van der Waals surface area contributed by atoms with Gasteiger partial charge < -0.3 is 19.5 Å². The Kier molecular flexibility index (Phi) is 6.84. The fourth-order valence-electron chi connectivity index (χ4n) is 2.52. The van der Waals surface area contributed by atoms with Gasteiger partial charge in [0, 0.05) is 5.69 Å². The number of benzene rings is 3. The van der Waals surface area contributed by atoms with E-state index in [0.717, 1.165) is 11.3 Å². The van der Waals surface area contributed by atoms with Gasteiger partial charge in [-0.25, -0.2) is 0 Å². The molecule has 0 bridgehead atoms. The molecule has 3 rings (SSSR count). The second kappa shape index (κ2) is 9.94. The van der Waals surface area contributed by atoms with Gasteiger partial charge in [-0.2, -0.15) is 0 Å². The van der Waals surface area contributed by atoms with Crippen LogP contribution in [-0.2, 0) is 20.7 Å². The second-order valence-corrected chi connectivity index (χ2v) is 6.17. The predicted molar refractivity (Wildman–Crippen MR) is 109 cm³/mol. The van der Waals surface area contributed by atoms with Crippen molar-refractivity contribution in [1.29, 1.82) is 0 Å². The van der Waals surface area contributed by atoms with Crippen molar-refractivity contribution in [3.63, 3.8) is 0 Å². The van der Waals surface area contributed by atoms with Crippen LogP contribution in [0, 0.1) is 0 Å². The van der Waals surface area contributed by atoms with Crippen LogP contribution in [0.15, 0.2) is 78.9 Å². The number of hydrogen-bond acceptors (Lipinski definition) is 5. The first kappa shape index (κ1) is 19.9. The zero-order valence-corrected chi connectivity index (χ0v) is 16.0. The Hall–Kier alpha value is -3.80. The molecule has 29 heavy (non-hydrogen) atoms. The van der Waals surface area contributed by atoms with Crippen molar-refractivity contribution in [3.8, 4) is 17.2 Å². The van der Waals surface area contributed by atoms with Crippen molar-refractivity contribution >= 4 is 17.6 Å². The maximum absolute atomic E-state index is 12.1. The summed E-state index contributed by atoms with van der Waals surface area (Å²) < 4.78 is 15.8. The highest BCUT2D eigenvalue weighted by molar-refractivity contribution is 5.91. The van der Waals surface area contributed by atoms with Crippen LogP contribution in [0.2, 0.25) is 0 Å². The van der Waals surface area contributed by atoms with Crippen molar-refractivity contribution < 1.29 is 23.8 Å². The largest absolute Gasteiger partial charge is 0.484 e. The molecule has 1 N–H and O–H groups in total. The first-order chi connectivity index (χ1) is 14.1. The van der Waals surface area contributed by atoms with E-state index in [9.17, 15) is 9.59 Å². The summed E-state index contributed by atoms with van der Waals surface area (Å²) in [6, 6.07) is 23.5. The molecule has 3 aromatic rings. The van der Waals surface area contributed by atoms with E-state index < -0.39 is 0 Å². The van der Waals surface area contributed by atoms with Gasteiger partial charge in [0.2, 0.25) is 0 Å². The van der Waals surface area contributed by atoms with Crippen LogP contribution in [0.4, 0.5) is 5.69 Å². The van der Waals surface area contributed by atoms with E-state index in [-0.39, 0.29) is 24.9 Å². The summed E-state index contributed by atoms with van der Waals surface area (Å²) in [5, 5.41) is 2.77.